The second-order valence-corrected chi connectivity index (χ2v) is 5.27. The highest BCUT2D eigenvalue weighted by molar-refractivity contribution is 7.98. The van der Waals surface area contributed by atoms with Crippen molar-refractivity contribution < 1.29 is 4.18 Å². The van der Waals surface area contributed by atoms with Crippen LogP contribution in [0.2, 0.25) is 0 Å². The number of nitrogens with zero attached hydrogens (tertiary/aromatic N) is 1. The summed E-state index contributed by atoms with van der Waals surface area (Å²) in [6.45, 7) is 4.45. The Morgan fingerprint density at radius 1 is 1.19 bits per heavy atom. The lowest BCUT2D eigenvalue weighted by atomic mass is 10.1. The van der Waals surface area contributed by atoms with E-state index in [2.05, 4.69) is 23.1 Å². The molecule has 2 nitrogen and oxygen atoms in total. The maximum absolute atomic E-state index is 5.63. The zero-order chi connectivity index (χ0) is 11.1. The number of hydrogen-bond acceptors (Lipinski definition) is 3. The first-order valence-corrected chi connectivity index (χ1v) is 7.08. The van der Waals surface area contributed by atoms with Gasteiger partial charge in [0.15, 0.2) is 0 Å². The van der Waals surface area contributed by atoms with Crippen LogP contribution in [-0.4, -0.2) is 31.1 Å². The van der Waals surface area contributed by atoms with Gasteiger partial charge in [-0.05, 0) is 38.8 Å². The minimum atomic E-state index is 0.843. The molecule has 1 aliphatic carbocycles. The largest absolute Gasteiger partial charge is 0.309 e. The van der Waals surface area contributed by atoms with Crippen LogP contribution in [-0.2, 0) is 4.18 Å². The molecule has 0 N–H and O–H groups in total. The maximum atomic E-state index is 5.63. The van der Waals surface area contributed by atoms with Gasteiger partial charge in [0.2, 0.25) is 0 Å². The third kappa shape index (κ3) is 4.32. The molecule has 1 saturated heterocycles. The monoisotopic (exact) mass is 239 g/mol. The Kier molecular flexibility index (Phi) is 5.46. The SMILES string of the molecule is C1=CC(SOCCN2CCCCC2)=CCC1. The summed E-state index contributed by atoms with van der Waals surface area (Å²) in [7, 11) is 0. The van der Waals surface area contributed by atoms with Crippen LogP contribution in [0.3, 0.4) is 0 Å². The summed E-state index contributed by atoms with van der Waals surface area (Å²) < 4.78 is 5.63. The highest BCUT2D eigenvalue weighted by atomic mass is 32.2. The molecule has 0 atom stereocenters. The molecule has 16 heavy (non-hydrogen) atoms. The molecule has 2 rings (SSSR count). The second kappa shape index (κ2) is 7.15. The van der Waals surface area contributed by atoms with Gasteiger partial charge in [-0.1, -0.05) is 24.6 Å². The van der Waals surface area contributed by atoms with Crippen LogP contribution >= 0.6 is 12.0 Å². The lowest BCUT2D eigenvalue weighted by Gasteiger charge is -2.25. The fraction of sp³-hybridized carbons (Fsp3) is 0.692. The molecule has 0 aromatic carbocycles. The normalized spacial score (nSPS) is 22.1. The van der Waals surface area contributed by atoms with Crippen molar-refractivity contribution in [3.63, 3.8) is 0 Å². The quantitative estimate of drug-likeness (QED) is 0.539. The first-order chi connectivity index (χ1) is 7.95. The Morgan fingerprint density at radius 3 is 2.81 bits per heavy atom. The lowest BCUT2D eigenvalue weighted by molar-refractivity contribution is 0.195. The molecule has 2 aliphatic rings. The van der Waals surface area contributed by atoms with Gasteiger partial charge in [0, 0.05) is 23.5 Å². The molecule has 1 fully saturated rings. The third-order valence-corrected chi connectivity index (χ3v) is 3.84. The van der Waals surface area contributed by atoms with Gasteiger partial charge in [0.25, 0.3) is 0 Å². The van der Waals surface area contributed by atoms with Crippen LogP contribution in [0.5, 0.6) is 0 Å². The Bertz CT molecular complexity index is 257. The number of hydrogen-bond donors (Lipinski definition) is 0. The Morgan fingerprint density at radius 2 is 2.06 bits per heavy atom. The van der Waals surface area contributed by atoms with Gasteiger partial charge in [-0.15, -0.1) is 0 Å². The van der Waals surface area contributed by atoms with E-state index in [-0.39, 0.29) is 0 Å². The highest BCUT2D eigenvalue weighted by Crippen LogP contribution is 2.22. The molecule has 0 aromatic heterocycles. The Balaban J connectivity index is 1.54. The second-order valence-electron chi connectivity index (χ2n) is 4.39. The van der Waals surface area contributed by atoms with E-state index in [9.17, 15) is 0 Å². The minimum Gasteiger partial charge on any atom is -0.309 e. The summed E-state index contributed by atoms with van der Waals surface area (Å²) in [5.74, 6) is 0. The minimum absolute atomic E-state index is 0.843. The molecule has 3 heteroatoms. The standard InChI is InChI=1S/C13H21NOS/c1-3-7-13(8-4-1)16-15-12-11-14-9-5-2-6-10-14/h3,7-8H,1-2,4-6,9-12H2. The van der Waals surface area contributed by atoms with Crippen molar-refractivity contribution in [1.29, 1.82) is 0 Å². The average Bonchev–Trinajstić information content (AvgIpc) is 2.37. The molecule has 1 heterocycles. The van der Waals surface area contributed by atoms with Crippen molar-refractivity contribution in [3.05, 3.63) is 23.1 Å². The van der Waals surface area contributed by atoms with Gasteiger partial charge in [-0.3, -0.25) is 0 Å². The summed E-state index contributed by atoms with van der Waals surface area (Å²) in [5.41, 5.74) is 0. The molecular weight excluding hydrogens is 218 g/mol. The van der Waals surface area contributed by atoms with Crippen LogP contribution in [0, 0.1) is 0 Å². The lowest BCUT2D eigenvalue weighted by Crippen LogP contribution is -2.32. The smallest absolute Gasteiger partial charge is 0.0745 e. The van der Waals surface area contributed by atoms with E-state index in [0.29, 0.717) is 0 Å². The van der Waals surface area contributed by atoms with Crippen LogP contribution in [0.25, 0.3) is 0 Å². The van der Waals surface area contributed by atoms with E-state index in [0.717, 1.165) is 19.6 Å². The topological polar surface area (TPSA) is 12.5 Å². The van der Waals surface area contributed by atoms with Gasteiger partial charge < -0.3 is 9.08 Å². The Hall–Kier alpha value is -0.250. The van der Waals surface area contributed by atoms with Crippen molar-refractivity contribution in [1.82, 2.24) is 4.90 Å². The molecule has 0 bridgehead atoms. The summed E-state index contributed by atoms with van der Waals surface area (Å²) in [6.07, 6.45) is 13.1. The maximum Gasteiger partial charge on any atom is 0.0745 e. The molecule has 0 amide bonds. The summed E-state index contributed by atoms with van der Waals surface area (Å²) in [6, 6.07) is 0. The number of allylic oxidation sites excluding steroid dienone is 3. The number of piperidine rings is 1. The highest BCUT2D eigenvalue weighted by Gasteiger charge is 2.09. The first kappa shape index (κ1) is 12.2. The summed E-state index contributed by atoms with van der Waals surface area (Å²) >= 11 is 1.53. The molecule has 0 unspecified atom stereocenters. The predicted octanol–water partition coefficient (Wildman–Crippen LogP) is 3.37. The van der Waals surface area contributed by atoms with E-state index in [1.165, 1.54) is 55.7 Å². The fourth-order valence-corrected chi connectivity index (χ4v) is 2.74. The van der Waals surface area contributed by atoms with Gasteiger partial charge >= 0.3 is 0 Å². The van der Waals surface area contributed by atoms with Crippen molar-refractivity contribution in [2.24, 2.45) is 0 Å². The van der Waals surface area contributed by atoms with Crippen LogP contribution in [0.4, 0.5) is 0 Å². The van der Waals surface area contributed by atoms with E-state index in [1.54, 1.807) is 0 Å². The fourth-order valence-electron chi connectivity index (χ4n) is 2.11. The van der Waals surface area contributed by atoms with E-state index >= 15 is 0 Å². The molecule has 0 radical (unpaired) electrons. The van der Waals surface area contributed by atoms with Gasteiger partial charge in [0.05, 0.1) is 6.61 Å². The molecule has 1 aliphatic heterocycles. The number of rotatable bonds is 5. The summed E-state index contributed by atoms with van der Waals surface area (Å²) in [4.78, 5) is 3.78. The zero-order valence-corrected chi connectivity index (χ0v) is 10.7. The molecule has 0 saturated carbocycles. The third-order valence-electron chi connectivity index (χ3n) is 3.06. The van der Waals surface area contributed by atoms with E-state index in [1.807, 2.05) is 0 Å². The zero-order valence-electron chi connectivity index (χ0n) is 9.86. The van der Waals surface area contributed by atoms with Crippen LogP contribution < -0.4 is 0 Å². The number of likely N-dealkylation sites (tertiary alicyclic amines) is 1. The van der Waals surface area contributed by atoms with Crippen molar-refractivity contribution in [2.45, 2.75) is 32.1 Å². The van der Waals surface area contributed by atoms with E-state index < -0.39 is 0 Å². The van der Waals surface area contributed by atoms with Crippen molar-refractivity contribution >= 4 is 12.0 Å². The van der Waals surface area contributed by atoms with Crippen molar-refractivity contribution in [2.75, 3.05) is 26.2 Å². The van der Waals surface area contributed by atoms with Gasteiger partial charge in [-0.25, -0.2) is 0 Å². The van der Waals surface area contributed by atoms with Crippen LogP contribution in [0.15, 0.2) is 23.1 Å². The predicted molar refractivity (Wildman–Crippen MR) is 70.3 cm³/mol. The first-order valence-electron chi connectivity index (χ1n) is 6.34. The van der Waals surface area contributed by atoms with E-state index in [4.69, 9.17) is 4.18 Å². The molecule has 90 valence electrons. The van der Waals surface area contributed by atoms with Crippen LogP contribution in [0.1, 0.15) is 32.1 Å². The average molecular weight is 239 g/mol. The Labute approximate surface area is 103 Å². The van der Waals surface area contributed by atoms with Gasteiger partial charge in [0.1, 0.15) is 0 Å². The van der Waals surface area contributed by atoms with Gasteiger partial charge in [-0.2, -0.15) is 0 Å². The van der Waals surface area contributed by atoms with Crippen molar-refractivity contribution in [3.8, 4) is 0 Å². The molecule has 0 aromatic rings. The molecule has 0 spiro atoms. The molecular formula is C13H21NOS. The summed E-state index contributed by atoms with van der Waals surface area (Å²) in [5, 5.41) is 0.